The van der Waals surface area contributed by atoms with E-state index in [1.165, 1.54) is 24.4 Å². The van der Waals surface area contributed by atoms with Crippen LogP contribution in [0.5, 0.6) is 29.1 Å². The lowest BCUT2D eigenvalue weighted by Crippen LogP contribution is -2.42. The van der Waals surface area contributed by atoms with Gasteiger partial charge in [0.2, 0.25) is 5.88 Å². The van der Waals surface area contributed by atoms with Crippen LogP contribution in [0.1, 0.15) is 33.6 Å². The maximum absolute atomic E-state index is 13.6. The normalized spacial score (nSPS) is 15.3. The fourth-order valence-corrected chi connectivity index (χ4v) is 3.83. The number of nitrogens with zero attached hydrogens (tertiary/aromatic N) is 3. The Kier molecular flexibility index (Phi) is 7.95. The van der Waals surface area contributed by atoms with Gasteiger partial charge in [-0.25, -0.2) is 14.2 Å². The van der Waals surface area contributed by atoms with Crippen molar-refractivity contribution >= 4 is 11.8 Å². The van der Waals surface area contributed by atoms with E-state index in [0.717, 1.165) is 12.8 Å². The fourth-order valence-electron chi connectivity index (χ4n) is 3.83. The predicted octanol–water partition coefficient (Wildman–Crippen LogP) is 6.02. The topological polar surface area (TPSA) is 95.0 Å². The Bertz CT molecular complexity index is 1220. The molecule has 9 nitrogen and oxygen atoms in total. The molecule has 0 aliphatic carbocycles. The first kappa shape index (κ1) is 26.0. The van der Waals surface area contributed by atoms with E-state index in [1.807, 2.05) is 20.8 Å². The highest BCUT2D eigenvalue weighted by Gasteiger charge is 2.32. The number of nitrogens with one attached hydrogen (secondary N) is 1. The molecule has 0 radical (unpaired) electrons. The molecule has 1 N–H and O–H groups in total. The molecular formula is C27H31FN4O5. The third-order valence-corrected chi connectivity index (χ3v) is 5.54. The molecule has 196 valence electrons. The van der Waals surface area contributed by atoms with Gasteiger partial charge in [0.1, 0.15) is 34.4 Å². The lowest BCUT2D eigenvalue weighted by atomic mass is 10.2. The van der Waals surface area contributed by atoms with Gasteiger partial charge in [-0.15, -0.1) is 0 Å². The zero-order chi connectivity index (χ0) is 26.4. The summed E-state index contributed by atoms with van der Waals surface area (Å²) in [4.78, 5) is 23.1. The molecule has 1 saturated heterocycles. The number of benzene rings is 2. The maximum Gasteiger partial charge on any atom is 0.410 e. The summed E-state index contributed by atoms with van der Waals surface area (Å²) in [7, 11) is 1.59. The van der Waals surface area contributed by atoms with Crippen LogP contribution in [0.2, 0.25) is 0 Å². The Balaban J connectivity index is 1.52. The zero-order valence-electron chi connectivity index (χ0n) is 21.4. The SMILES string of the molecule is COc1ccc(Oc2nc(Oc3cccc(F)c3)ncc2NCC2CCCN2C(=O)OC(C)(C)C)cc1. The van der Waals surface area contributed by atoms with Crippen LogP contribution in [0, 0.1) is 5.82 Å². The predicted molar refractivity (Wildman–Crippen MR) is 136 cm³/mol. The number of halogens is 1. The van der Waals surface area contributed by atoms with E-state index in [0.29, 0.717) is 30.3 Å². The average molecular weight is 511 g/mol. The van der Waals surface area contributed by atoms with Gasteiger partial charge < -0.3 is 29.2 Å². The van der Waals surface area contributed by atoms with Crippen molar-refractivity contribution in [3.05, 3.63) is 60.5 Å². The minimum Gasteiger partial charge on any atom is -0.497 e. The van der Waals surface area contributed by atoms with E-state index in [-0.39, 0.29) is 29.8 Å². The smallest absolute Gasteiger partial charge is 0.410 e. The van der Waals surface area contributed by atoms with Crippen LogP contribution in [-0.2, 0) is 4.74 Å². The lowest BCUT2D eigenvalue weighted by molar-refractivity contribution is 0.0235. The van der Waals surface area contributed by atoms with Crippen LogP contribution in [0.15, 0.2) is 54.7 Å². The van der Waals surface area contributed by atoms with Crippen molar-refractivity contribution in [1.82, 2.24) is 14.9 Å². The molecule has 0 saturated carbocycles. The molecule has 10 heteroatoms. The van der Waals surface area contributed by atoms with E-state index in [9.17, 15) is 9.18 Å². The number of amides is 1. The molecule has 3 aromatic rings. The number of aromatic nitrogens is 2. The summed E-state index contributed by atoms with van der Waals surface area (Å²) in [6, 6.07) is 12.7. The van der Waals surface area contributed by atoms with E-state index in [2.05, 4.69) is 15.3 Å². The zero-order valence-corrected chi connectivity index (χ0v) is 21.4. The average Bonchev–Trinajstić information content (AvgIpc) is 3.32. The van der Waals surface area contributed by atoms with Crippen LogP contribution in [0.4, 0.5) is 14.9 Å². The summed E-state index contributed by atoms with van der Waals surface area (Å²) in [6.45, 7) is 6.63. The standard InChI is InChI=1S/C27H31FN4O5/c1-27(2,3)37-26(33)32-14-6-8-19(32)16-29-23-17-30-25(36-22-9-5-7-18(28)15-22)31-24(23)35-21-12-10-20(34-4)11-13-21/h5,7,9-13,15,17,19,29H,6,8,14,16H2,1-4H3. The summed E-state index contributed by atoms with van der Waals surface area (Å²) in [5.41, 5.74) is -0.0546. The van der Waals surface area contributed by atoms with Crippen LogP contribution < -0.4 is 19.5 Å². The van der Waals surface area contributed by atoms with Crippen molar-refractivity contribution in [2.75, 3.05) is 25.5 Å². The third kappa shape index (κ3) is 7.22. The number of ether oxygens (including phenoxy) is 4. The largest absolute Gasteiger partial charge is 0.497 e. The number of hydrogen-bond donors (Lipinski definition) is 1. The van der Waals surface area contributed by atoms with Crippen molar-refractivity contribution < 1.29 is 28.1 Å². The summed E-state index contributed by atoms with van der Waals surface area (Å²) >= 11 is 0. The first-order valence-electron chi connectivity index (χ1n) is 12.1. The van der Waals surface area contributed by atoms with Crippen molar-refractivity contribution in [2.24, 2.45) is 0 Å². The first-order chi connectivity index (χ1) is 17.7. The van der Waals surface area contributed by atoms with Crippen molar-refractivity contribution in [1.29, 1.82) is 0 Å². The van der Waals surface area contributed by atoms with E-state index in [1.54, 1.807) is 42.3 Å². The van der Waals surface area contributed by atoms with E-state index < -0.39 is 11.4 Å². The molecule has 2 aromatic carbocycles. The minimum atomic E-state index is -0.567. The summed E-state index contributed by atoms with van der Waals surface area (Å²) in [5, 5.41) is 3.31. The quantitative estimate of drug-likeness (QED) is 0.393. The Morgan fingerprint density at radius 3 is 2.57 bits per heavy atom. The molecule has 4 rings (SSSR count). The molecule has 1 unspecified atom stereocenters. The van der Waals surface area contributed by atoms with Crippen LogP contribution in [-0.4, -0.2) is 52.8 Å². The molecule has 1 aliphatic heterocycles. The highest BCUT2D eigenvalue weighted by Crippen LogP contribution is 2.31. The van der Waals surface area contributed by atoms with Gasteiger partial charge in [-0.2, -0.15) is 4.98 Å². The number of methoxy groups -OCH3 is 1. The number of carbonyl (C=O) groups is 1. The van der Waals surface area contributed by atoms with Crippen molar-refractivity contribution in [3.63, 3.8) is 0 Å². The summed E-state index contributed by atoms with van der Waals surface area (Å²) in [6.07, 6.45) is 2.93. The lowest BCUT2D eigenvalue weighted by Gasteiger charge is -2.29. The number of rotatable bonds is 8. The van der Waals surface area contributed by atoms with Gasteiger partial charge in [-0.1, -0.05) is 6.07 Å². The van der Waals surface area contributed by atoms with Crippen LogP contribution in [0.3, 0.4) is 0 Å². The molecule has 2 heterocycles. The first-order valence-corrected chi connectivity index (χ1v) is 12.1. The monoisotopic (exact) mass is 510 g/mol. The van der Waals surface area contributed by atoms with Crippen LogP contribution in [0.25, 0.3) is 0 Å². The van der Waals surface area contributed by atoms with Gasteiger partial charge in [-0.05, 0) is 70.0 Å². The molecule has 1 fully saturated rings. The molecule has 1 amide bonds. The molecule has 1 aliphatic rings. The van der Waals surface area contributed by atoms with E-state index >= 15 is 0 Å². The summed E-state index contributed by atoms with van der Waals surface area (Å²) in [5.74, 6) is 1.25. The number of likely N-dealkylation sites (tertiary alicyclic amines) is 1. The number of anilines is 1. The van der Waals surface area contributed by atoms with Gasteiger partial charge in [0.15, 0.2) is 0 Å². The second-order valence-corrected chi connectivity index (χ2v) is 9.56. The molecule has 1 aromatic heterocycles. The highest BCUT2D eigenvalue weighted by molar-refractivity contribution is 5.69. The van der Waals surface area contributed by atoms with Gasteiger partial charge >= 0.3 is 12.1 Å². The minimum absolute atomic E-state index is 0.00379. The Labute approximate surface area is 215 Å². The Hall–Kier alpha value is -4.08. The van der Waals surface area contributed by atoms with E-state index in [4.69, 9.17) is 18.9 Å². The highest BCUT2D eigenvalue weighted by atomic mass is 19.1. The number of hydrogen-bond acceptors (Lipinski definition) is 8. The van der Waals surface area contributed by atoms with Crippen molar-refractivity contribution in [3.8, 4) is 29.1 Å². The number of carbonyl (C=O) groups excluding carboxylic acids is 1. The molecule has 0 spiro atoms. The van der Waals surface area contributed by atoms with Crippen LogP contribution >= 0.6 is 0 Å². The van der Waals surface area contributed by atoms with Gasteiger partial charge in [-0.3, -0.25) is 0 Å². The molecular weight excluding hydrogens is 479 g/mol. The molecule has 0 bridgehead atoms. The van der Waals surface area contributed by atoms with Gasteiger partial charge in [0.05, 0.1) is 19.3 Å². The molecule has 37 heavy (non-hydrogen) atoms. The second kappa shape index (κ2) is 11.3. The Morgan fingerprint density at radius 1 is 1.11 bits per heavy atom. The van der Waals surface area contributed by atoms with Gasteiger partial charge in [0.25, 0.3) is 0 Å². The summed E-state index contributed by atoms with van der Waals surface area (Å²) < 4.78 is 36.0. The van der Waals surface area contributed by atoms with Crippen molar-refractivity contribution in [2.45, 2.75) is 45.3 Å². The maximum atomic E-state index is 13.6. The third-order valence-electron chi connectivity index (χ3n) is 5.54. The van der Waals surface area contributed by atoms with Gasteiger partial charge in [0, 0.05) is 19.2 Å². The second-order valence-electron chi connectivity index (χ2n) is 9.56. The Morgan fingerprint density at radius 2 is 1.86 bits per heavy atom. The molecule has 1 atom stereocenters. The fraction of sp³-hybridized carbons (Fsp3) is 0.370.